The van der Waals surface area contributed by atoms with Crippen LogP contribution in [0.2, 0.25) is 0 Å². The second-order valence-electron chi connectivity index (χ2n) is 5.42. The Morgan fingerprint density at radius 1 is 1.40 bits per heavy atom. The Kier molecular flexibility index (Phi) is 5.71. The van der Waals surface area contributed by atoms with Gasteiger partial charge in [-0.05, 0) is 25.1 Å². The van der Waals surface area contributed by atoms with Crippen LogP contribution < -0.4 is 5.73 Å². The zero-order valence-corrected chi connectivity index (χ0v) is 13.1. The Hall–Kier alpha value is -1.40. The second-order valence-corrected chi connectivity index (χ2v) is 7.53. The number of hydrogen-bond acceptors (Lipinski definition) is 4. The Balaban J connectivity index is 2.79. The molecule has 0 heterocycles. The van der Waals surface area contributed by atoms with Crippen LogP contribution in [0.5, 0.6) is 0 Å². The minimum absolute atomic E-state index is 0.0670. The van der Waals surface area contributed by atoms with Crippen LogP contribution in [0.3, 0.4) is 0 Å². The number of amidine groups is 1. The van der Waals surface area contributed by atoms with Gasteiger partial charge >= 0.3 is 0 Å². The largest absolute Gasteiger partial charge is 0.384 e. The van der Waals surface area contributed by atoms with Gasteiger partial charge in [-0.2, -0.15) is 0 Å². The second kappa shape index (κ2) is 6.85. The molecular formula is C14H23N3O2S. The Labute approximate surface area is 121 Å². The molecule has 1 aromatic carbocycles. The van der Waals surface area contributed by atoms with E-state index in [0.717, 1.165) is 6.54 Å². The number of nitrogen functional groups attached to an aromatic ring is 1. The van der Waals surface area contributed by atoms with Gasteiger partial charge in [0.2, 0.25) is 0 Å². The fraction of sp³-hybridized carbons (Fsp3) is 0.500. The van der Waals surface area contributed by atoms with Gasteiger partial charge in [0.1, 0.15) is 5.84 Å². The van der Waals surface area contributed by atoms with Crippen molar-refractivity contribution in [2.24, 2.45) is 11.7 Å². The highest BCUT2D eigenvalue weighted by atomic mass is 32.2. The first-order chi connectivity index (χ1) is 9.22. The van der Waals surface area contributed by atoms with Gasteiger partial charge in [-0.3, -0.25) is 5.41 Å². The molecule has 112 valence electrons. The van der Waals surface area contributed by atoms with Crippen molar-refractivity contribution in [2.45, 2.75) is 18.7 Å². The van der Waals surface area contributed by atoms with Crippen molar-refractivity contribution in [1.82, 2.24) is 4.90 Å². The summed E-state index contributed by atoms with van der Waals surface area (Å²) in [5, 5.41) is 7.36. The molecule has 20 heavy (non-hydrogen) atoms. The van der Waals surface area contributed by atoms with Crippen molar-refractivity contribution in [3.63, 3.8) is 0 Å². The minimum atomic E-state index is -3.34. The van der Waals surface area contributed by atoms with Gasteiger partial charge in [0.25, 0.3) is 0 Å². The van der Waals surface area contributed by atoms with Crippen molar-refractivity contribution < 1.29 is 8.42 Å². The summed E-state index contributed by atoms with van der Waals surface area (Å²) >= 11 is 0. The molecule has 0 saturated heterocycles. The number of sulfone groups is 1. The van der Waals surface area contributed by atoms with E-state index in [2.05, 4.69) is 13.8 Å². The number of nitrogens with two attached hydrogens (primary N) is 1. The topological polar surface area (TPSA) is 87.2 Å². The maximum absolute atomic E-state index is 12.3. The summed E-state index contributed by atoms with van der Waals surface area (Å²) in [6.07, 6.45) is 0. The molecule has 1 rings (SSSR count). The van der Waals surface area contributed by atoms with Gasteiger partial charge in [-0.1, -0.05) is 26.0 Å². The van der Waals surface area contributed by atoms with Crippen molar-refractivity contribution in [2.75, 3.05) is 25.9 Å². The molecular weight excluding hydrogens is 274 g/mol. The summed E-state index contributed by atoms with van der Waals surface area (Å²) in [6.45, 7) is 5.55. The molecule has 3 N–H and O–H groups in total. The molecule has 5 nitrogen and oxygen atoms in total. The van der Waals surface area contributed by atoms with E-state index in [0.29, 0.717) is 18.0 Å². The van der Waals surface area contributed by atoms with Crippen LogP contribution in [0.4, 0.5) is 0 Å². The zero-order chi connectivity index (χ0) is 15.3. The van der Waals surface area contributed by atoms with E-state index in [1.807, 2.05) is 11.9 Å². The van der Waals surface area contributed by atoms with Crippen LogP contribution in [-0.4, -0.2) is 45.0 Å². The van der Waals surface area contributed by atoms with E-state index < -0.39 is 9.84 Å². The lowest BCUT2D eigenvalue weighted by molar-refractivity contribution is 0.311. The van der Waals surface area contributed by atoms with Crippen LogP contribution in [0.15, 0.2) is 29.2 Å². The molecule has 0 aliphatic rings. The fourth-order valence-corrected chi connectivity index (χ4v) is 3.35. The van der Waals surface area contributed by atoms with Crippen LogP contribution >= 0.6 is 0 Å². The van der Waals surface area contributed by atoms with E-state index in [4.69, 9.17) is 11.1 Å². The number of nitrogens with one attached hydrogen (secondary N) is 1. The summed E-state index contributed by atoms with van der Waals surface area (Å²) in [5.41, 5.74) is 5.82. The van der Waals surface area contributed by atoms with Gasteiger partial charge < -0.3 is 10.6 Å². The highest BCUT2D eigenvalue weighted by molar-refractivity contribution is 7.91. The molecule has 0 saturated carbocycles. The monoisotopic (exact) mass is 297 g/mol. The smallest absolute Gasteiger partial charge is 0.179 e. The van der Waals surface area contributed by atoms with E-state index in [9.17, 15) is 8.42 Å². The number of hydrogen-bond donors (Lipinski definition) is 2. The summed E-state index contributed by atoms with van der Waals surface area (Å²) in [5.74, 6) is 0.445. The van der Waals surface area contributed by atoms with Gasteiger partial charge in [0.15, 0.2) is 9.84 Å². The molecule has 0 fully saturated rings. The van der Waals surface area contributed by atoms with Crippen molar-refractivity contribution in [3.8, 4) is 0 Å². The molecule has 6 heteroatoms. The minimum Gasteiger partial charge on any atom is -0.384 e. The van der Waals surface area contributed by atoms with Crippen LogP contribution in [0.25, 0.3) is 0 Å². The summed E-state index contributed by atoms with van der Waals surface area (Å²) in [6, 6.07) is 6.25. The van der Waals surface area contributed by atoms with Gasteiger partial charge in [0, 0.05) is 18.7 Å². The van der Waals surface area contributed by atoms with Crippen LogP contribution in [0, 0.1) is 11.3 Å². The average Bonchev–Trinajstić information content (AvgIpc) is 2.36. The molecule has 1 aromatic rings. The quantitative estimate of drug-likeness (QED) is 0.587. The molecule has 0 aliphatic carbocycles. The van der Waals surface area contributed by atoms with Gasteiger partial charge in [0.05, 0.1) is 10.6 Å². The van der Waals surface area contributed by atoms with E-state index in [-0.39, 0.29) is 16.5 Å². The van der Waals surface area contributed by atoms with E-state index in [1.165, 1.54) is 6.07 Å². The van der Waals surface area contributed by atoms with Crippen LogP contribution in [0.1, 0.15) is 19.4 Å². The molecule has 0 unspecified atom stereocenters. The first-order valence-electron chi connectivity index (χ1n) is 6.58. The van der Waals surface area contributed by atoms with Crippen molar-refractivity contribution >= 4 is 15.7 Å². The van der Waals surface area contributed by atoms with E-state index >= 15 is 0 Å². The van der Waals surface area contributed by atoms with Crippen molar-refractivity contribution in [1.29, 1.82) is 5.41 Å². The third-order valence-corrected chi connectivity index (χ3v) is 4.61. The predicted octanol–water partition coefficient (Wildman–Crippen LogP) is 1.33. The van der Waals surface area contributed by atoms with Crippen LogP contribution in [-0.2, 0) is 9.84 Å². The Morgan fingerprint density at radius 3 is 2.60 bits per heavy atom. The molecule has 0 aromatic heterocycles. The lowest BCUT2D eigenvalue weighted by Gasteiger charge is -2.18. The summed E-state index contributed by atoms with van der Waals surface area (Å²) in [4.78, 5) is 2.24. The molecule has 0 atom stereocenters. The molecule has 0 bridgehead atoms. The molecule has 0 spiro atoms. The standard InChI is InChI=1S/C14H23N3O2S/c1-11(2)10-17(3)7-8-20(18,19)13-6-4-5-12(9-13)14(15)16/h4-6,9,11H,7-8,10H2,1-3H3,(H3,15,16). The van der Waals surface area contributed by atoms with Gasteiger partial charge in [-0.15, -0.1) is 0 Å². The molecule has 0 amide bonds. The van der Waals surface area contributed by atoms with Gasteiger partial charge in [-0.25, -0.2) is 8.42 Å². The zero-order valence-electron chi connectivity index (χ0n) is 12.3. The van der Waals surface area contributed by atoms with Crippen molar-refractivity contribution in [3.05, 3.63) is 29.8 Å². The Morgan fingerprint density at radius 2 is 2.05 bits per heavy atom. The average molecular weight is 297 g/mol. The first kappa shape index (κ1) is 16.7. The normalized spacial score (nSPS) is 12.1. The highest BCUT2D eigenvalue weighted by Gasteiger charge is 2.16. The number of nitrogens with zero attached hydrogens (tertiary/aromatic N) is 1. The van der Waals surface area contributed by atoms with E-state index in [1.54, 1.807) is 18.2 Å². The summed E-state index contributed by atoms with van der Waals surface area (Å²) < 4.78 is 24.5. The Bertz CT molecular complexity index is 568. The molecule has 0 radical (unpaired) electrons. The first-order valence-corrected chi connectivity index (χ1v) is 8.23. The molecule has 0 aliphatic heterocycles. The predicted molar refractivity (Wildman–Crippen MR) is 81.8 cm³/mol. The maximum atomic E-state index is 12.3. The lowest BCUT2D eigenvalue weighted by Crippen LogP contribution is -2.29. The highest BCUT2D eigenvalue weighted by Crippen LogP contribution is 2.13. The maximum Gasteiger partial charge on any atom is 0.179 e. The fourth-order valence-electron chi connectivity index (χ4n) is 1.97. The third-order valence-electron chi connectivity index (χ3n) is 2.92. The number of benzene rings is 1. The lowest BCUT2D eigenvalue weighted by atomic mass is 10.2. The SMILES string of the molecule is CC(C)CN(C)CCS(=O)(=O)c1cccc(C(=N)N)c1. The number of rotatable bonds is 7. The summed E-state index contributed by atoms with van der Waals surface area (Å²) in [7, 11) is -1.42. The third kappa shape index (κ3) is 4.94.